The van der Waals surface area contributed by atoms with Gasteiger partial charge in [-0.1, -0.05) is 36.7 Å². The van der Waals surface area contributed by atoms with Gasteiger partial charge in [-0.05, 0) is 42.7 Å². The molecule has 5 heteroatoms. The van der Waals surface area contributed by atoms with E-state index in [0.717, 1.165) is 22.5 Å². The zero-order chi connectivity index (χ0) is 16.4. The van der Waals surface area contributed by atoms with E-state index in [2.05, 4.69) is 10.3 Å². The Morgan fingerprint density at radius 3 is 2.65 bits per heavy atom. The number of nitrogens with zero attached hydrogens (tertiary/aromatic N) is 2. The van der Waals surface area contributed by atoms with Crippen LogP contribution in [0.4, 0.5) is 0 Å². The highest BCUT2D eigenvalue weighted by Gasteiger charge is 2.17. The van der Waals surface area contributed by atoms with Gasteiger partial charge in [-0.15, -0.1) is 0 Å². The molecule has 0 saturated heterocycles. The van der Waals surface area contributed by atoms with E-state index in [1.54, 1.807) is 0 Å². The van der Waals surface area contributed by atoms with Crippen molar-refractivity contribution in [2.45, 2.75) is 26.8 Å². The summed E-state index contributed by atoms with van der Waals surface area (Å²) in [5, 5.41) is 3.65. The number of nitrogens with one attached hydrogen (secondary N) is 1. The molecule has 0 bridgehead atoms. The van der Waals surface area contributed by atoms with Crippen molar-refractivity contribution in [2.75, 3.05) is 0 Å². The predicted octanol–water partition coefficient (Wildman–Crippen LogP) is 3.79. The van der Waals surface area contributed by atoms with Crippen molar-refractivity contribution in [3.05, 3.63) is 70.1 Å². The third-order valence-electron chi connectivity index (χ3n) is 3.75. The molecule has 118 valence electrons. The third-order valence-corrected chi connectivity index (χ3v) is 4.01. The summed E-state index contributed by atoms with van der Waals surface area (Å²) in [5.41, 5.74) is 4.31. The fourth-order valence-electron chi connectivity index (χ4n) is 2.55. The molecule has 3 aromatic rings. The minimum Gasteiger partial charge on any atom is -0.347 e. The first-order valence-corrected chi connectivity index (χ1v) is 7.96. The van der Waals surface area contributed by atoms with Crippen molar-refractivity contribution >= 4 is 23.2 Å². The molecule has 1 amide bonds. The van der Waals surface area contributed by atoms with Crippen LogP contribution >= 0.6 is 11.6 Å². The first kappa shape index (κ1) is 15.6. The van der Waals surface area contributed by atoms with Crippen molar-refractivity contribution in [3.63, 3.8) is 0 Å². The van der Waals surface area contributed by atoms with Gasteiger partial charge in [0, 0.05) is 17.8 Å². The number of imidazole rings is 1. The maximum Gasteiger partial charge on any atom is 0.270 e. The molecule has 0 atom stereocenters. The molecule has 3 rings (SSSR count). The van der Waals surface area contributed by atoms with Gasteiger partial charge in [0.15, 0.2) is 0 Å². The standard InChI is InChI=1S/C18H18ClN3O/c1-3-15-17(22-11-12(2)4-9-16(22)21-15)18(23)20-10-13-5-7-14(19)8-6-13/h4-9,11H,3,10H2,1-2H3,(H,20,23). The van der Waals surface area contributed by atoms with E-state index >= 15 is 0 Å². The monoisotopic (exact) mass is 327 g/mol. The first-order valence-electron chi connectivity index (χ1n) is 7.58. The second-order valence-corrected chi connectivity index (χ2v) is 5.94. The van der Waals surface area contributed by atoms with E-state index in [0.29, 0.717) is 23.7 Å². The summed E-state index contributed by atoms with van der Waals surface area (Å²) >= 11 is 5.88. The van der Waals surface area contributed by atoms with Crippen LogP contribution in [0.2, 0.25) is 5.02 Å². The van der Waals surface area contributed by atoms with Crippen molar-refractivity contribution < 1.29 is 4.79 Å². The van der Waals surface area contributed by atoms with Gasteiger partial charge in [-0.25, -0.2) is 4.98 Å². The average Bonchev–Trinajstić information content (AvgIpc) is 2.91. The number of hydrogen-bond donors (Lipinski definition) is 1. The van der Waals surface area contributed by atoms with E-state index in [1.165, 1.54) is 0 Å². The average molecular weight is 328 g/mol. The lowest BCUT2D eigenvalue weighted by Crippen LogP contribution is -2.25. The minimum absolute atomic E-state index is 0.116. The summed E-state index contributed by atoms with van der Waals surface area (Å²) in [4.78, 5) is 17.2. The lowest BCUT2D eigenvalue weighted by atomic mass is 10.2. The van der Waals surface area contributed by atoms with E-state index < -0.39 is 0 Å². The second kappa shape index (κ2) is 6.42. The molecule has 0 spiro atoms. The summed E-state index contributed by atoms with van der Waals surface area (Å²) in [6.45, 7) is 4.46. The van der Waals surface area contributed by atoms with Crippen molar-refractivity contribution in [3.8, 4) is 0 Å². The largest absolute Gasteiger partial charge is 0.347 e. The number of fused-ring (bicyclic) bond motifs is 1. The Labute approximate surface area is 140 Å². The summed E-state index contributed by atoms with van der Waals surface area (Å²) in [6.07, 6.45) is 2.66. The molecule has 4 nitrogen and oxygen atoms in total. The molecule has 1 aromatic carbocycles. The Morgan fingerprint density at radius 2 is 1.96 bits per heavy atom. The van der Waals surface area contributed by atoms with Gasteiger partial charge < -0.3 is 5.32 Å². The van der Waals surface area contributed by atoms with Crippen LogP contribution in [-0.4, -0.2) is 15.3 Å². The van der Waals surface area contributed by atoms with Gasteiger partial charge in [-0.2, -0.15) is 0 Å². The van der Waals surface area contributed by atoms with Gasteiger partial charge in [-0.3, -0.25) is 9.20 Å². The maximum atomic E-state index is 12.7. The highest BCUT2D eigenvalue weighted by molar-refractivity contribution is 6.30. The van der Waals surface area contributed by atoms with Crippen LogP contribution in [0.5, 0.6) is 0 Å². The van der Waals surface area contributed by atoms with E-state index in [-0.39, 0.29) is 5.91 Å². The topological polar surface area (TPSA) is 46.4 Å². The number of pyridine rings is 1. The summed E-state index contributed by atoms with van der Waals surface area (Å²) < 4.78 is 1.87. The van der Waals surface area contributed by atoms with Gasteiger partial charge in [0.25, 0.3) is 5.91 Å². The Hall–Kier alpha value is -2.33. The van der Waals surface area contributed by atoms with Crippen LogP contribution in [-0.2, 0) is 13.0 Å². The Balaban J connectivity index is 1.87. The maximum absolute atomic E-state index is 12.7. The van der Waals surface area contributed by atoms with Crippen molar-refractivity contribution in [1.29, 1.82) is 0 Å². The fraction of sp³-hybridized carbons (Fsp3) is 0.222. The Kier molecular flexibility index (Phi) is 4.35. The SMILES string of the molecule is CCc1nc2ccc(C)cn2c1C(=O)NCc1ccc(Cl)cc1. The van der Waals surface area contributed by atoms with Crippen LogP contribution in [0.1, 0.15) is 34.2 Å². The molecule has 0 aliphatic rings. The third kappa shape index (κ3) is 3.22. The number of carbonyl (C=O) groups is 1. The number of amides is 1. The molecule has 0 unspecified atom stereocenters. The zero-order valence-electron chi connectivity index (χ0n) is 13.1. The number of benzene rings is 1. The molecular formula is C18H18ClN3O. The normalized spacial score (nSPS) is 10.9. The molecule has 0 aliphatic heterocycles. The number of rotatable bonds is 4. The van der Waals surface area contributed by atoms with E-state index in [9.17, 15) is 4.79 Å². The molecule has 1 N–H and O–H groups in total. The lowest BCUT2D eigenvalue weighted by Gasteiger charge is -2.07. The van der Waals surface area contributed by atoms with Gasteiger partial charge >= 0.3 is 0 Å². The summed E-state index contributed by atoms with van der Waals surface area (Å²) in [7, 11) is 0. The fourth-order valence-corrected chi connectivity index (χ4v) is 2.68. The van der Waals surface area contributed by atoms with Crippen LogP contribution in [0.25, 0.3) is 5.65 Å². The van der Waals surface area contributed by atoms with Crippen LogP contribution in [0.15, 0.2) is 42.6 Å². The minimum atomic E-state index is -0.116. The summed E-state index contributed by atoms with van der Waals surface area (Å²) in [5.74, 6) is -0.116. The lowest BCUT2D eigenvalue weighted by molar-refractivity contribution is 0.0944. The molecule has 0 radical (unpaired) electrons. The Bertz CT molecular complexity index is 853. The number of halogens is 1. The highest BCUT2D eigenvalue weighted by atomic mass is 35.5. The number of carbonyl (C=O) groups excluding carboxylic acids is 1. The molecule has 23 heavy (non-hydrogen) atoms. The van der Waals surface area contributed by atoms with Crippen LogP contribution in [0.3, 0.4) is 0 Å². The molecule has 0 aliphatic carbocycles. The molecule has 2 aromatic heterocycles. The predicted molar refractivity (Wildman–Crippen MR) is 91.9 cm³/mol. The van der Waals surface area contributed by atoms with Gasteiger partial charge in [0.2, 0.25) is 0 Å². The molecule has 0 saturated carbocycles. The smallest absolute Gasteiger partial charge is 0.270 e. The Morgan fingerprint density at radius 1 is 1.22 bits per heavy atom. The molecule has 0 fully saturated rings. The molecule has 2 heterocycles. The second-order valence-electron chi connectivity index (χ2n) is 5.50. The van der Waals surface area contributed by atoms with Crippen LogP contribution < -0.4 is 5.32 Å². The number of hydrogen-bond acceptors (Lipinski definition) is 2. The quantitative estimate of drug-likeness (QED) is 0.792. The van der Waals surface area contributed by atoms with E-state index in [1.807, 2.05) is 60.8 Å². The van der Waals surface area contributed by atoms with Crippen molar-refractivity contribution in [1.82, 2.24) is 14.7 Å². The number of aromatic nitrogens is 2. The number of aryl methyl sites for hydroxylation is 2. The van der Waals surface area contributed by atoms with E-state index in [4.69, 9.17) is 11.6 Å². The first-order chi connectivity index (χ1) is 11.1. The van der Waals surface area contributed by atoms with Crippen molar-refractivity contribution in [2.24, 2.45) is 0 Å². The summed E-state index contributed by atoms with van der Waals surface area (Å²) in [6, 6.07) is 11.4. The zero-order valence-corrected chi connectivity index (χ0v) is 13.9. The molecular weight excluding hydrogens is 310 g/mol. The van der Waals surface area contributed by atoms with Gasteiger partial charge in [0.05, 0.1) is 5.69 Å². The van der Waals surface area contributed by atoms with Gasteiger partial charge in [0.1, 0.15) is 11.3 Å². The highest BCUT2D eigenvalue weighted by Crippen LogP contribution is 2.15. The van der Waals surface area contributed by atoms with Crippen LogP contribution in [0, 0.1) is 6.92 Å².